The average molecular weight is 717 g/mol. The van der Waals surface area contributed by atoms with Gasteiger partial charge in [-0.05, 0) is 67.4 Å². The van der Waals surface area contributed by atoms with Gasteiger partial charge in [0.2, 0.25) is 10.0 Å². The molecule has 1 unspecified atom stereocenters. The number of carbonyl (C=O) groups excluding carboxylic acids is 1. The first-order valence-corrected chi connectivity index (χ1v) is 18.0. The molecule has 1 aliphatic rings. The first kappa shape index (κ1) is 33.6. The van der Waals surface area contributed by atoms with Gasteiger partial charge in [-0.15, -0.1) is 0 Å². The Hall–Kier alpha value is -5.89. The number of fused-ring (bicyclic) bond motifs is 2. The fraction of sp³-hybridized carbons (Fsp3) is 0.0789. The lowest BCUT2D eigenvalue weighted by Crippen LogP contribution is -2.44. The van der Waals surface area contributed by atoms with E-state index in [1.807, 2.05) is 49.4 Å². The summed E-state index contributed by atoms with van der Waals surface area (Å²) in [7, 11) is -4.15. The van der Waals surface area contributed by atoms with Crippen molar-refractivity contribution >= 4 is 33.4 Å². The van der Waals surface area contributed by atoms with E-state index in [2.05, 4.69) is 14.7 Å². The van der Waals surface area contributed by atoms with Crippen molar-refractivity contribution in [2.24, 2.45) is 0 Å². The van der Waals surface area contributed by atoms with E-state index in [1.165, 1.54) is 42.1 Å². The molecule has 0 amide bonds. The second-order valence-electron chi connectivity index (χ2n) is 11.6. The molecule has 1 atom stereocenters. The van der Waals surface area contributed by atoms with Crippen molar-refractivity contribution in [3.05, 3.63) is 149 Å². The van der Waals surface area contributed by atoms with Crippen molar-refractivity contribution in [3.8, 4) is 40.0 Å². The molecule has 0 saturated heterocycles. The molecule has 0 saturated carbocycles. The molecule has 13 heteroatoms. The van der Waals surface area contributed by atoms with E-state index in [0.29, 0.717) is 28.1 Å². The predicted octanol–water partition coefficient (Wildman–Crippen LogP) is 7.78. The summed E-state index contributed by atoms with van der Waals surface area (Å²) in [5, 5.41) is 11.6. The number of nitro groups is 1. The average Bonchev–Trinajstić information content (AvgIpc) is 3.14. The molecule has 7 rings (SSSR count). The number of non-ortho nitro benzene ring substituents is 1. The van der Waals surface area contributed by atoms with Gasteiger partial charge < -0.3 is 9.47 Å². The number of ether oxygens (including phenoxy) is 2. The van der Waals surface area contributed by atoms with Crippen molar-refractivity contribution in [2.75, 3.05) is 0 Å². The Bertz CT molecular complexity index is 2390. The van der Waals surface area contributed by atoms with Crippen LogP contribution in [0.4, 0.5) is 5.69 Å². The van der Waals surface area contributed by atoms with Gasteiger partial charge in [-0.2, -0.15) is 14.7 Å². The van der Waals surface area contributed by atoms with Crippen LogP contribution in [0.3, 0.4) is 0 Å². The standard InChI is InChI=1S/C38H28N4O7S2/c1-24-14-17-29(18-15-24)51(46,47)41-32(20-25-8-3-2-4-9-25)37(43)49-38-39-30(26-10-7-11-28(21-26)42(44)45)23-31(40-38)27-16-19-34-36(22-27)50-35-13-6-5-12-33(35)48-34/h2-19,21-23,32,41H,20H2,1H3. The molecule has 11 nitrogen and oxygen atoms in total. The summed E-state index contributed by atoms with van der Waals surface area (Å²) >= 11 is 1.53. The highest BCUT2D eigenvalue weighted by Gasteiger charge is 2.29. The monoisotopic (exact) mass is 716 g/mol. The molecule has 5 aromatic carbocycles. The van der Waals surface area contributed by atoms with E-state index in [4.69, 9.17) is 9.47 Å². The van der Waals surface area contributed by atoms with Crippen LogP contribution < -0.4 is 14.2 Å². The molecule has 0 bridgehead atoms. The van der Waals surface area contributed by atoms with Crippen LogP contribution in [-0.4, -0.2) is 35.3 Å². The topological polar surface area (TPSA) is 151 Å². The molecule has 254 valence electrons. The normalized spacial score (nSPS) is 12.6. The summed E-state index contributed by atoms with van der Waals surface area (Å²) in [5.74, 6) is 0.462. The van der Waals surface area contributed by atoms with Gasteiger partial charge in [0.05, 0.1) is 31.0 Å². The second-order valence-corrected chi connectivity index (χ2v) is 14.4. The molecule has 0 fully saturated rings. The number of rotatable bonds is 10. The Morgan fingerprint density at radius 3 is 2.25 bits per heavy atom. The molecule has 1 aliphatic heterocycles. The van der Waals surface area contributed by atoms with Crippen molar-refractivity contribution in [1.82, 2.24) is 14.7 Å². The smallest absolute Gasteiger partial charge is 0.332 e. The van der Waals surface area contributed by atoms with E-state index in [0.717, 1.165) is 21.1 Å². The highest BCUT2D eigenvalue weighted by molar-refractivity contribution is 7.99. The van der Waals surface area contributed by atoms with Crippen LogP contribution in [0.25, 0.3) is 22.5 Å². The minimum absolute atomic E-state index is 0.0120. The number of para-hydroxylation sites is 1. The zero-order valence-electron chi connectivity index (χ0n) is 26.9. The van der Waals surface area contributed by atoms with Gasteiger partial charge in [-0.3, -0.25) is 10.1 Å². The highest BCUT2D eigenvalue weighted by atomic mass is 32.2. The van der Waals surface area contributed by atoms with Crippen LogP contribution in [0.2, 0.25) is 0 Å². The van der Waals surface area contributed by atoms with Crippen LogP contribution >= 0.6 is 11.8 Å². The fourth-order valence-electron chi connectivity index (χ4n) is 5.39. The highest BCUT2D eigenvalue weighted by Crippen LogP contribution is 2.48. The van der Waals surface area contributed by atoms with Gasteiger partial charge >= 0.3 is 12.0 Å². The third-order valence-corrected chi connectivity index (χ3v) is 10.6. The Kier molecular flexibility index (Phi) is 9.32. The number of benzene rings is 5. The van der Waals surface area contributed by atoms with Gasteiger partial charge in [0.1, 0.15) is 17.5 Å². The number of aryl methyl sites for hydroxylation is 1. The third-order valence-electron chi connectivity index (χ3n) is 7.97. The molecular formula is C38H28N4O7S2. The lowest BCUT2D eigenvalue weighted by atomic mass is 10.1. The summed E-state index contributed by atoms with van der Waals surface area (Å²) < 4.78 is 41.2. The maximum Gasteiger partial charge on any atom is 0.332 e. The summed E-state index contributed by atoms with van der Waals surface area (Å²) in [5.41, 5.74) is 3.04. The number of esters is 1. The number of carbonyl (C=O) groups is 1. The van der Waals surface area contributed by atoms with Gasteiger partial charge in [-0.25, -0.2) is 13.2 Å². The Morgan fingerprint density at radius 1 is 0.824 bits per heavy atom. The summed E-state index contributed by atoms with van der Waals surface area (Å²) in [4.78, 5) is 35.7. The summed E-state index contributed by atoms with van der Waals surface area (Å²) in [6.45, 7) is 1.84. The van der Waals surface area contributed by atoms with E-state index in [1.54, 1.807) is 54.6 Å². The fourth-order valence-corrected chi connectivity index (χ4v) is 7.56. The van der Waals surface area contributed by atoms with Crippen molar-refractivity contribution in [2.45, 2.75) is 34.1 Å². The van der Waals surface area contributed by atoms with Crippen molar-refractivity contribution in [3.63, 3.8) is 0 Å². The molecule has 51 heavy (non-hydrogen) atoms. The van der Waals surface area contributed by atoms with Crippen molar-refractivity contribution < 1.29 is 27.6 Å². The largest absolute Gasteiger partial charge is 0.455 e. The van der Waals surface area contributed by atoms with Crippen molar-refractivity contribution in [1.29, 1.82) is 0 Å². The Morgan fingerprint density at radius 2 is 1.51 bits per heavy atom. The number of nitrogens with one attached hydrogen (secondary N) is 1. The Balaban J connectivity index is 1.26. The molecular weight excluding hydrogens is 689 g/mol. The van der Waals surface area contributed by atoms with E-state index < -0.39 is 27.0 Å². The molecule has 6 aromatic rings. The van der Waals surface area contributed by atoms with Crippen LogP contribution in [0.5, 0.6) is 17.5 Å². The van der Waals surface area contributed by atoms with Gasteiger partial charge in [0.25, 0.3) is 5.69 Å². The zero-order chi connectivity index (χ0) is 35.5. The van der Waals surface area contributed by atoms with Crippen LogP contribution in [0.1, 0.15) is 11.1 Å². The first-order valence-electron chi connectivity index (χ1n) is 15.7. The maximum atomic E-state index is 13.9. The number of hydrogen-bond acceptors (Lipinski definition) is 10. The molecule has 0 spiro atoms. The van der Waals surface area contributed by atoms with Crippen LogP contribution in [0, 0.1) is 17.0 Å². The lowest BCUT2D eigenvalue weighted by molar-refractivity contribution is -0.384. The lowest BCUT2D eigenvalue weighted by Gasteiger charge is -2.20. The van der Waals surface area contributed by atoms with Crippen LogP contribution in [0.15, 0.2) is 142 Å². The third kappa shape index (κ3) is 7.65. The number of nitrogens with zero attached hydrogens (tertiary/aromatic N) is 3. The minimum Gasteiger partial charge on any atom is -0.455 e. The number of aromatic nitrogens is 2. The molecule has 0 radical (unpaired) electrons. The maximum absolute atomic E-state index is 13.9. The molecule has 1 aromatic heterocycles. The van der Waals surface area contributed by atoms with E-state index in [9.17, 15) is 23.3 Å². The Labute approximate surface area is 297 Å². The number of nitro benzene ring substituents is 1. The number of sulfonamides is 1. The molecule has 2 heterocycles. The first-order chi connectivity index (χ1) is 24.6. The molecule has 0 aliphatic carbocycles. The SMILES string of the molecule is Cc1ccc(S(=O)(=O)NC(Cc2ccccc2)C(=O)Oc2nc(-c3cccc([N+](=O)[O-])c3)cc(-c3ccc4c(c3)Sc3ccccc3O4)n2)cc1. The van der Waals surface area contributed by atoms with E-state index >= 15 is 0 Å². The quantitative estimate of drug-likeness (QED) is 0.0844. The minimum atomic E-state index is -4.15. The predicted molar refractivity (Wildman–Crippen MR) is 191 cm³/mol. The van der Waals surface area contributed by atoms with Crippen LogP contribution in [-0.2, 0) is 21.2 Å². The number of hydrogen-bond donors (Lipinski definition) is 1. The van der Waals surface area contributed by atoms with Gasteiger partial charge in [-0.1, -0.05) is 84.1 Å². The second kappa shape index (κ2) is 14.2. The zero-order valence-corrected chi connectivity index (χ0v) is 28.6. The van der Waals surface area contributed by atoms with E-state index in [-0.39, 0.29) is 28.7 Å². The van der Waals surface area contributed by atoms with Gasteiger partial charge in [0.15, 0.2) is 0 Å². The van der Waals surface area contributed by atoms with Gasteiger partial charge in [0, 0.05) is 23.3 Å². The summed E-state index contributed by atoms with van der Waals surface area (Å²) in [6, 6.07) is 34.1. The molecule has 1 N–H and O–H groups in total. The summed E-state index contributed by atoms with van der Waals surface area (Å²) in [6.07, 6.45) is -0.0221.